The summed E-state index contributed by atoms with van der Waals surface area (Å²) in [5.41, 5.74) is 0.613. The number of likely N-dealkylation sites (N-methyl/N-ethyl adjacent to an activating group) is 1. The Morgan fingerprint density at radius 2 is 1.96 bits per heavy atom. The zero-order chi connectivity index (χ0) is 19.0. The number of amides is 3. The summed E-state index contributed by atoms with van der Waals surface area (Å²) in [5.74, 6) is 1.59. The van der Waals surface area contributed by atoms with Crippen LogP contribution in [0.1, 0.15) is 25.2 Å². The van der Waals surface area contributed by atoms with Gasteiger partial charge in [0.15, 0.2) is 0 Å². The van der Waals surface area contributed by atoms with Gasteiger partial charge in [0.25, 0.3) is 5.95 Å². The second-order valence-electron chi connectivity index (χ2n) is 6.86. The number of aromatic nitrogens is 3. The molecular formula is C17H21N7O3. The van der Waals surface area contributed by atoms with Crippen molar-refractivity contribution in [3.63, 3.8) is 0 Å². The lowest BCUT2D eigenvalue weighted by molar-refractivity contribution is -0.123. The number of aryl methyl sites for hydroxylation is 1. The molecule has 3 amide bonds. The zero-order valence-corrected chi connectivity index (χ0v) is 15.2. The average molecular weight is 371 g/mol. The highest BCUT2D eigenvalue weighted by atomic mass is 16.5. The largest absolute Gasteiger partial charge is 0.367 e. The van der Waals surface area contributed by atoms with Gasteiger partial charge in [-0.05, 0) is 36.6 Å². The number of rotatable bonds is 5. The van der Waals surface area contributed by atoms with E-state index in [4.69, 9.17) is 4.52 Å². The number of hydrogen-bond donors (Lipinski definition) is 2. The fraction of sp³-hybridized carbons (Fsp3) is 0.471. The number of carbonyl (C=O) groups excluding carboxylic acids is 2. The zero-order valence-electron chi connectivity index (χ0n) is 15.2. The molecule has 1 saturated carbocycles. The highest BCUT2D eigenvalue weighted by Crippen LogP contribution is 2.26. The molecule has 0 spiro atoms. The van der Waals surface area contributed by atoms with E-state index in [1.165, 1.54) is 11.9 Å². The molecule has 142 valence electrons. The van der Waals surface area contributed by atoms with Crippen LogP contribution in [0.2, 0.25) is 0 Å². The van der Waals surface area contributed by atoms with Crippen LogP contribution in [0.25, 0.3) is 0 Å². The summed E-state index contributed by atoms with van der Waals surface area (Å²) < 4.78 is 4.97. The first kappa shape index (κ1) is 17.3. The number of nitrogens with one attached hydrogen (secondary N) is 2. The average Bonchev–Trinajstić information content (AvgIpc) is 3.33. The monoisotopic (exact) mass is 371 g/mol. The lowest BCUT2D eigenvalue weighted by Gasteiger charge is -2.17. The lowest BCUT2D eigenvalue weighted by Crippen LogP contribution is -2.29. The van der Waals surface area contributed by atoms with Crippen molar-refractivity contribution < 1.29 is 14.1 Å². The molecule has 2 atom stereocenters. The van der Waals surface area contributed by atoms with Gasteiger partial charge in [-0.25, -0.2) is 9.78 Å². The number of nitrogens with zero attached hydrogens (tertiary/aromatic N) is 5. The quantitative estimate of drug-likeness (QED) is 0.762. The van der Waals surface area contributed by atoms with E-state index in [-0.39, 0.29) is 30.6 Å². The van der Waals surface area contributed by atoms with E-state index in [0.717, 1.165) is 30.0 Å². The van der Waals surface area contributed by atoms with Gasteiger partial charge in [-0.3, -0.25) is 14.6 Å². The SMILES string of the molecule is Cc1nc(N[C@H]2CC[C@H](Nc3ccc(N4CC(=O)N(C)C4=O)cn3)C2)no1. The second kappa shape index (κ2) is 6.86. The molecular weight excluding hydrogens is 350 g/mol. The minimum atomic E-state index is -0.330. The molecule has 0 aromatic carbocycles. The van der Waals surface area contributed by atoms with Gasteiger partial charge < -0.3 is 15.2 Å². The Morgan fingerprint density at radius 3 is 2.56 bits per heavy atom. The van der Waals surface area contributed by atoms with E-state index in [1.54, 1.807) is 19.2 Å². The summed E-state index contributed by atoms with van der Waals surface area (Å²) in [4.78, 5) is 34.8. The molecule has 0 unspecified atom stereocenters. The lowest BCUT2D eigenvalue weighted by atomic mass is 10.2. The van der Waals surface area contributed by atoms with Gasteiger partial charge in [-0.1, -0.05) is 0 Å². The Balaban J connectivity index is 1.33. The van der Waals surface area contributed by atoms with Crippen LogP contribution in [0.15, 0.2) is 22.9 Å². The molecule has 27 heavy (non-hydrogen) atoms. The summed E-state index contributed by atoms with van der Waals surface area (Å²) in [6.07, 6.45) is 4.53. The standard InChI is InChI=1S/C17H21N7O3/c1-10-19-16(22-27-10)21-12-4-3-11(7-12)20-14-6-5-13(8-18-14)24-9-15(25)23(2)17(24)26/h5-6,8,11-12H,3-4,7,9H2,1-2H3,(H,18,20)(H,21,22)/t11-,12-/m0/s1. The van der Waals surface area contributed by atoms with Crippen molar-refractivity contribution in [3.8, 4) is 0 Å². The smallest absolute Gasteiger partial charge is 0.331 e. The molecule has 1 aliphatic heterocycles. The third kappa shape index (κ3) is 3.55. The van der Waals surface area contributed by atoms with Crippen LogP contribution in [0.3, 0.4) is 0 Å². The van der Waals surface area contributed by atoms with Crippen LogP contribution in [-0.4, -0.2) is 57.6 Å². The Hall–Kier alpha value is -3.17. The maximum Gasteiger partial charge on any atom is 0.331 e. The van der Waals surface area contributed by atoms with Gasteiger partial charge in [0.2, 0.25) is 11.8 Å². The Labute approximate surface area is 155 Å². The first-order chi connectivity index (χ1) is 13.0. The predicted molar refractivity (Wildman–Crippen MR) is 97.5 cm³/mol. The maximum absolute atomic E-state index is 12.0. The molecule has 10 nitrogen and oxygen atoms in total. The first-order valence-corrected chi connectivity index (χ1v) is 8.87. The van der Waals surface area contributed by atoms with E-state index < -0.39 is 0 Å². The topological polar surface area (TPSA) is 116 Å². The first-order valence-electron chi connectivity index (χ1n) is 8.87. The Bertz CT molecular complexity index is 850. The third-order valence-electron chi connectivity index (χ3n) is 4.89. The summed E-state index contributed by atoms with van der Waals surface area (Å²) in [6, 6.07) is 3.86. The minimum absolute atomic E-state index is 0.0509. The molecule has 4 rings (SSSR count). The highest BCUT2D eigenvalue weighted by molar-refractivity contribution is 6.11. The molecule has 2 aromatic heterocycles. The number of anilines is 3. The van der Waals surface area contributed by atoms with Crippen molar-refractivity contribution >= 4 is 29.4 Å². The van der Waals surface area contributed by atoms with Crippen LogP contribution in [-0.2, 0) is 4.79 Å². The van der Waals surface area contributed by atoms with Crippen LogP contribution >= 0.6 is 0 Å². The molecule has 0 radical (unpaired) electrons. The van der Waals surface area contributed by atoms with Crippen molar-refractivity contribution in [1.82, 2.24) is 20.0 Å². The molecule has 10 heteroatoms. The summed E-state index contributed by atoms with van der Waals surface area (Å²) in [6.45, 7) is 1.81. The van der Waals surface area contributed by atoms with E-state index in [2.05, 4.69) is 25.8 Å². The van der Waals surface area contributed by atoms with Crippen molar-refractivity contribution in [2.75, 3.05) is 29.1 Å². The number of pyridine rings is 1. The fourth-order valence-corrected chi connectivity index (χ4v) is 3.42. The third-order valence-corrected chi connectivity index (χ3v) is 4.89. The number of imide groups is 1. The van der Waals surface area contributed by atoms with Gasteiger partial charge in [-0.2, -0.15) is 4.98 Å². The van der Waals surface area contributed by atoms with E-state index in [1.807, 2.05) is 6.07 Å². The minimum Gasteiger partial charge on any atom is -0.367 e. The predicted octanol–water partition coefficient (Wildman–Crippen LogP) is 1.62. The highest BCUT2D eigenvalue weighted by Gasteiger charge is 2.34. The summed E-state index contributed by atoms with van der Waals surface area (Å²) in [5, 5.41) is 10.6. The molecule has 2 aliphatic rings. The van der Waals surface area contributed by atoms with Crippen molar-refractivity contribution in [2.24, 2.45) is 0 Å². The van der Waals surface area contributed by atoms with Gasteiger partial charge in [0, 0.05) is 26.1 Å². The molecule has 1 saturated heterocycles. The van der Waals surface area contributed by atoms with E-state index >= 15 is 0 Å². The maximum atomic E-state index is 12.0. The molecule has 1 aliphatic carbocycles. The normalized spacial score (nSPS) is 22.6. The molecule has 2 fully saturated rings. The second-order valence-corrected chi connectivity index (χ2v) is 6.86. The van der Waals surface area contributed by atoms with E-state index in [0.29, 0.717) is 17.5 Å². The van der Waals surface area contributed by atoms with Crippen LogP contribution in [0.4, 0.5) is 22.2 Å². The van der Waals surface area contributed by atoms with E-state index in [9.17, 15) is 9.59 Å². The number of carbonyl (C=O) groups is 2. The van der Waals surface area contributed by atoms with Gasteiger partial charge in [0.05, 0.1) is 11.9 Å². The van der Waals surface area contributed by atoms with Gasteiger partial charge in [-0.15, -0.1) is 0 Å². The fourth-order valence-electron chi connectivity index (χ4n) is 3.42. The number of urea groups is 1. The summed E-state index contributed by atoms with van der Waals surface area (Å²) in [7, 11) is 1.48. The van der Waals surface area contributed by atoms with Gasteiger partial charge in [0.1, 0.15) is 12.4 Å². The van der Waals surface area contributed by atoms with Crippen LogP contribution in [0, 0.1) is 6.92 Å². The van der Waals surface area contributed by atoms with Gasteiger partial charge >= 0.3 is 6.03 Å². The molecule has 2 aromatic rings. The van der Waals surface area contributed by atoms with Crippen LogP contribution < -0.4 is 15.5 Å². The van der Waals surface area contributed by atoms with Crippen molar-refractivity contribution in [1.29, 1.82) is 0 Å². The Kier molecular flexibility index (Phi) is 4.38. The van der Waals surface area contributed by atoms with Crippen LogP contribution in [0.5, 0.6) is 0 Å². The summed E-state index contributed by atoms with van der Waals surface area (Å²) >= 11 is 0. The molecule has 2 N–H and O–H groups in total. The number of hydrogen-bond acceptors (Lipinski definition) is 8. The molecule has 0 bridgehead atoms. The van der Waals surface area contributed by atoms with Crippen molar-refractivity contribution in [2.45, 2.75) is 38.3 Å². The molecule has 3 heterocycles. The Morgan fingerprint density at radius 1 is 1.19 bits per heavy atom. The van der Waals surface area contributed by atoms with Crippen molar-refractivity contribution in [3.05, 3.63) is 24.2 Å².